The summed E-state index contributed by atoms with van der Waals surface area (Å²) in [5.74, 6) is 1.76. The Morgan fingerprint density at radius 2 is 1.88 bits per heavy atom. The fourth-order valence-corrected chi connectivity index (χ4v) is 2.03. The predicted octanol–water partition coefficient (Wildman–Crippen LogP) is 3.44. The third kappa shape index (κ3) is 3.19. The molecular formula is C15H20N2. The minimum atomic E-state index is 0.662. The van der Waals surface area contributed by atoms with Crippen LogP contribution in [-0.2, 0) is 13.0 Å². The van der Waals surface area contributed by atoms with Gasteiger partial charge in [0.25, 0.3) is 0 Å². The van der Waals surface area contributed by atoms with E-state index in [4.69, 9.17) is 0 Å². The van der Waals surface area contributed by atoms with Crippen molar-refractivity contribution in [3.05, 3.63) is 53.6 Å². The summed E-state index contributed by atoms with van der Waals surface area (Å²) in [4.78, 5) is 4.61. The van der Waals surface area contributed by atoms with Gasteiger partial charge in [-0.15, -0.1) is 0 Å². The second-order valence-electron chi connectivity index (χ2n) is 4.99. The SMILES string of the molecule is Cc1nc(CC(C)C)cn1Cc1ccccc1. The molecule has 0 unspecified atom stereocenters. The summed E-state index contributed by atoms with van der Waals surface area (Å²) in [5.41, 5.74) is 2.53. The van der Waals surface area contributed by atoms with Crippen molar-refractivity contribution in [3.8, 4) is 0 Å². The predicted molar refractivity (Wildman–Crippen MR) is 71.1 cm³/mol. The Kier molecular flexibility index (Phi) is 3.62. The number of nitrogens with zero attached hydrogens (tertiary/aromatic N) is 2. The normalized spacial score (nSPS) is 11.1. The van der Waals surface area contributed by atoms with Crippen molar-refractivity contribution in [1.29, 1.82) is 0 Å². The van der Waals surface area contributed by atoms with Crippen LogP contribution in [0.5, 0.6) is 0 Å². The fourth-order valence-electron chi connectivity index (χ4n) is 2.03. The molecular weight excluding hydrogens is 208 g/mol. The molecule has 0 aliphatic rings. The number of imidazole rings is 1. The van der Waals surface area contributed by atoms with E-state index >= 15 is 0 Å². The first-order valence-corrected chi connectivity index (χ1v) is 6.21. The van der Waals surface area contributed by atoms with Crippen LogP contribution in [0.2, 0.25) is 0 Å². The van der Waals surface area contributed by atoms with Crippen molar-refractivity contribution in [2.75, 3.05) is 0 Å². The standard InChI is InChI=1S/C15H20N2/c1-12(2)9-15-11-17(13(3)16-15)10-14-7-5-4-6-8-14/h4-8,11-12H,9-10H2,1-3H3. The Labute approximate surface area is 103 Å². The molecule has 0 amide bonds. The summed E-state index contributed by atoms with van der Waals surface area (Å²) in [7, 11) is 0. The lowest BCUT2D eigenvalue weighted by Crippen LogP contribution is -2.00. The number of hydrogen-bond acceptors (Lipinski definition) is 1. The molecule has 0 fully saturated rings. The third-order valence-corrected chi connectivity index (χ3v) is 2.84. The maximum absolute atomic E-state index is 4.61. The second-order valence-corrected chi connectivity index (χ2v) is 4.99. The van der Waals surface area contributed by atoms with Crippen molar-refractivity contribution in [3.63, 3.8) is 0 Å². The van der Waals surface area contributed by atoms with Gasteiger partial charge in [0.05, 0.1) is 5.69 Å². The fraction of sp³-hybridized carbons (Fsp3) is 0.400. The maximum Gasteiger partial charge on any atom is 0.106 e. The van der Waals surface area contributed by atoms with Gasteiger partial charge in [0.2, 0.25) is 0 Å². The Hall–Kier alpha value is -1.57. The van der Waals surface area contributed by atoms with E-state index in [9.17, 15) is 0 Å². The smallest absolute Gasteiger partial charge is 0.106 e. The zero-order valence-corrected chi connectivity index (χ0v) is 10.9. The molecule has 1 aromatic carbocycles. The van der Waals surface area contributed by atoms with Crippen LogP contribution in [-0.4, -0.2) is 9.55 Å². The minimum absolute atomic E-state index is 0.662. The number of rotatable bonds is 4. The highest BCUT2D eigenvalue weighted by molar-refractivity contribution is 5.16. The van der Waals surface area contributed by atoms with Gasteiger partial charge in [-0.05, 0) is 24.8 Å². The van der Waals surface area contributed by atoms with Crippen LogP contribution in [0.4, 0.5) is 0 Å². The van der Waals surface area contributed by atoms with Crippen LogP contribution >= 0.6 is 0 Å². The molecule has 2 aromatic rings. The molecule has 2 heteroatoms. The molecule has 1 heterocycles. The third-order valence-electron chi connectivity index (χ3n) is 2.84. The number of aromatic nitrogens is 2. The van der Waals surface area contributed by atoms with Crippen molar-refractivity contribution in [2.45, 2.75) is 33.7 Å². The molecule has 0 radical (unpaired) electrons. The summed E-state index contributed by atoms with van der Waals surface area (Å²) in [6.45, 7) is 7.45. The molecule has 0 aliphatic heterocycles. The Morgan fingerprint density at radius 1 is 1.18 bits per heavy atom. The molecule has 0 N–H and O–H groups in total. The summed E-state index contributed by atoms with van der Waals surface area (Å²) >= 11 is 0. The lowest BCUT2D eigenvalue weighted by atomic mass is 10.1. The van der Waals surface area contributed by atoms with Gasteiger partial charge in [0, 0.05) is 12.7 Å². The Morgan fingerprint density at radius 3 is 2.53 bits per heavy atom. The average molecular weight is 228 g/mol. The first-order valence-electron chi connectivity index (χ1n) is 6.21. The molecule has 90 valence electrons. The number of aryl methyl sites for hydroxylation is 1. The molecule has 2 nitrogen and oxygen atoms in total. The van der Waals surface area contributed by atoms with Gasteiger partial charge in [-0.2, -0.15) is 0 Å². The Bertz CT molecular complexity index is 469. The highest BCUT2D eigenvalue weighted by Crippen LogP contribution is 2.11. The van der Waals surface area contributed by atoms with Crippen LogP contribution in [0.3, 0.4) is 0 Å². The average Bonchev–Trinajstić information content (AvgIpc) is 2.59. The van der Waals surface area contributed by atoms with Crippen molar-refractivity contribution in [2.24, 2.45) is 5.92 Å². The first kappa shape index (κ1) is 11.9. The van der Waals surface area contributed by atoms with E-state index in [0.29, 0.717) is 5.92 Å². The van der Waals surface area contributed by atoms with Gasteiger partial charge in [0.15, 0.2) is 0 Å². The summed E-state index contributed by atoms with van der Waals surface area (Å²) in [5, 5.41) is 0. The van der Waals surface area contributed by atoms with E-state index in [0.717, 1.165) is 18.8 Å². The van der Waals surface area contributed by atoms with Gasteiger partial charge < -0.3 is 4.57 Å². The van der Waals surface area contributed by atoms with E-state index in [1.807, 2.05) is 0 Å². The maximum atomic E-state index is 4.61. The van der Waals surface area contributed by atoms with Gasteiger partial charge in [-0.1, -0.05) is 44.2 Å². The highest BCUT2D eigenvalue weighted by atomic mass is 15.1. The lowest BCUT2D eigenvalue weighted by Gasteiger charge is -2.04. The molecule has 0 saturated heterocycles. The van der Waals surface area contributed by atoms with Gasteiger partial charge >= 0.3 is 0 Å². The topological polar surface area (TPSA) is 17.8 Å². The van der Waals surface area contributed by atoms with Crippen LogP contribution in [0.25, 0.3) is 0 Å². The largest absolute Gasteiger partial charge is 0.330 e. The number of benzene rings is 1. The van der Waals surface area contributed by atoms with Gasteiger partial charge in [-0.25, -0.2) is 4.98 Å². The minimum Gasteiger partial charge on any atom is -0.330 e. The first-order chi connectivity index (χ1) is 8.15. The van der Waals surface area contributed by atoms with Crippen LogP contribution in [0.15, 0.2) is 36.5 Å². The Balaban J connectivity index is 2.14. The molecule has 1 aromatic heterocycles. The second kappa shape index (κ2) is 5.17. The van der Waals surface area contributed by atoms with E-state index in [2.05, 4.69) is 66.9 Å². The van der Waals surface area contributed by atoms with Crippen LogP contribution in [0.1, 0.15) is 30.9 Å². The summed E-state index contributed by atoms with van der Waals surface area (Å²) in [6.07, 6.45) is 3.24. The van der Waals surface area contributed by atoms with E-state index in [1.165, 1.54) is 11.3 Å². The van der Waals surface area contributed by atoms with Gasteiger partial charge in [0.1, 0.15) is 5.82 Å². The van der Waals surface area contributed by atoms with Crippen LogP contribution in [0, 0.1) is 12.8 Å². The zero-order chi connectivity index (χ0) is 12.3. The van der Waals surface area contributed by atoms with Crippen molar-refractivity contribution >= 4 is 0 Å². The quantitative estimate of drug-likeness (QED) is 0.784. The molecule has 0 atom stereocenters. The monoisotopic (exact) mass is 228 g/mol. The molecule has 2 rings (SSSR count). The number of hydrogen-bond donors (Lipinski definition) is 0. The molecule has 0 spiro atoms. The van der Waals surface area contributed by atoms with Crippen molar-refractivity contribution in [1.82, 2.24) is 9.55 Å². The molecule has 17 heavy (non-hydrogen) atoms. The van der Waals surface area contributed by atoms with Crippen molar-refractivity contribution < 1.29 is 0 Å². The summed E-state index contributed by atoms with van der Waals surface area (Å²) < 4.78 is 2.23. The molecule has 0 bridgehead atoms. The van der Waals surface area contributed by atoms with E-state index < -0.39 is 0 Å². The lowest BCUT2D eigenvalue weighted by molar-refractivity contribution is 0.636. The highest BCUT2D eigenvalue weighted by Gasteiger charge is 2.06. The molecule has 0 saturated carbocycles. The van der Waals surface area contributed by atoms with Crippen LogP contribution < -0.4 is 0 Å². The van der Waals surface area contributed by atoms with E-state index in [-0.39, 0.29) is 0 Å². The molecule has 0 aliphatic carbocycles. The van der Waals surface area contributed by atoms with E-state index in [1.54, 1.807) is 0 Å². The van der Waals surface area contributed by atoms with Gasteiger partial charge in [-0.3, -0.25) is 0 Å². The summed E-state index contributed by atoms with van der Waals surface area (Å²) in [6, 6.07) is 10.5. The zero-order valence-electron chi connectivity index (χ0n) is 10.9.